The molecule has 1 aromatic rings. The first-order valence-corrected chi connectivity index (χ1v) is 7.06. The lowest BCUT2D eigenvalue weighted by atomic mass is 10.2. The normalized spacial score (nSPS) is 12.0. The molecule has 1 unspecified atom stereocenters. The number of nitrogens with zero attached hydrogens (tertiary/aromatic N) is 3. The molecular weight excluding hydrogens is 272 g/mol. The van der Waals surface area contributed by atoms with Crippen molar-refractivity contribution in [1.82, 2.24) is 9.97 Å². The fourth-order valence-electron chi connectivity index (χ4n) is 2.11. The number of methoxy groups -OCH3 is 3. The maximum atomic E-state index is 5.51. The molecule has 0 aliphatic carbocycles. The van der Waals surface area contributed by atoms with E-state index in [2.05, 4.69) is 27.1 Å². The molecule has 1 atom stereocenters. The highest BCUT2D eigenvalue weighted by Crippen LogP contribution is 2.32. The number of ether oxygens (including phenoxy) is 3. The third-order valence-electron chi connectivity index (χ3n) is 3.08. The van der Waals surface area contributed by atoms with E-state index in [1.54, 1.807) is 21.3 Å². The molecule has 1 N–H and O–H groups in total. The Hall–Kier alpha value is -1.60. The zero-order valence-corrected chi connectivity index (χ0v) is 13.5. The van der Waals surface area contributed by atoms with Gasteiger partial charge in [0, 0.05) is 27.3 Å². The van der Waals surface area contributed by atoms with Gasteiger partial charge in [-0.15, -0.1) is 0 Å². The van der Waals surface area contributed by atoms with Crippen LogP contribution in [0.5, 0.6) is 5.75 Å². The fraction of sp³-hybridized carbons (Fsp3) is 0.714. The molecule has 7 heteroatoms. The number of aromatic nitrogens is 2. The summed E-state index contributed by atoms with van der Waals surface area (Å²) in [6.07, 6.45) is 1.54. The maximum Gasteiger partial charge on any atom is 0.204 e. The van der Waals surface area contributed by atoms with Gasteiger partial charge in [0.25, 0.3) is 0 Å². The Kier molecular flexibility index (Phi) is 7.78. The van der Waals surface area contributed by atoms with E-state index in [4.69, 9.17) is 14.2 Å². The molecule has 0 bridgehead atoms. The molecule has 0 amide bonds. The summed E-state index contributed by atoms with van der Waals surface area (Å²) < 4.78 is 16.0. The minimum absolute atomic E-state index is 0.142. The third kappa shape index (κ3) is 4.71. The standard InChI is InChI=1S/C14H26N4O3/c1-6-15-13-12(21-5)14(17-10-16-13)18(7-8-19-3)11(2)9-20-4/h10-11H,6-9H2,1-5H3,(H,15,16,17). The first-order chi connectivity index (χ1) is 10.2. The minimum atomic E-state index is 0.142. The molecule has 0 radical (unpaired) electrons. The Bertz CT molecular complexity index is 417. The molecule has 7 nitrogen and oxygen atoms in total. The van der Waals surface area contributed by atoms with E-state index in [0.29, 0.717) is 31.3 Å². The molecule has 1 heterocycles. The molecule has 120 valence electrons. The van der Waals surface area contributed by atoms with Crippen molar-refractivity contribution >= 4 is 11.6 Å². The number of hydrogen-bond donors (Lipinski definition) is 1. The van der Waals surface area contributed by atoms with E-state index in [-0.39, 0.29) is 6.04 Å². The van der Waals surface area contributed by atoms with Gasteiger partial charge in [0.1, 0.15) is 6.33 Å². The number of rotatable bonds is 10. The maximum absolute atomic E-state index is 5.51. The van der Waals surface area contributed by atoms with Gasteiger partial charge < -0.3 is 24.4 Å². The molecule has 1 rings (SSSR count). The van der Waals surface area contributed by atoms with Gasteiger partial charge in [0.2, 0.25) is 5.75 Å². The van der Waals surface area contributed by atoms with E-state index in [0.717, 1.165) is 12.4 Å². The van der Waals surface area contributed by atoms with Crippen LogP contribution in [0.3, 0.4) is 0 Å². The SMILES string of the molecule is CCNc1ncnc(N(CCOC)C(C)COC)c1OC. The zero-order valence-electron chi connectivity index (χ0n) is 13.5. The molecule has 0 aliphatic rings. The van der Waals surface area contributed by atoms with Crippen LogP contribution in [0.4, 0.5) is 11.6 Å². The highest BCUT2D eigenvalue weighted by Gasteiger charge is 2.22. The Morgan fingerprint density at radius 2 is 2.00 bits per heavy atom. The lowest BCUT2D eigenvalue weighted by Gasteiger charge is -2.31. The predicted octanol–water partition coefficient (Wildman–Crippen LogP) is 1.40. The fourth-order valence-corrected chi connectivity index (χ4v) is 2.11. The summed E-state index contributed by atoms with van der Waals surface area (Å²) in [6, 6.07) is 0.142. The molecule has 0 fully saturated rings. The summed E-state index contributed by atoms with van der Waals surface area (Å²) in [5.41, 5.74) is 0. The topological polar surface area (TPSA) is 68.7 Å². The van der Waals surface area contributed by atoms with Crippen LogP contribution in [0.25, 0.3) is 0 Å². The molecule has 21 heavy (non-hydrogen) atoms. The van der Waals surface area contributed by atoms with Crippen molar-refractivity contribution in [2.24, 2.45) is 0 Å². The molecule has 1 aromatic heterocycles. The predicted molar refractivity (Wildman–Crippen MR) is 83.3 cm³/mol. The van der Waals surface area contributed by atoms with Crippen LogP contribution in [-0.4, -0.2) is 63.6 Å². The van der Waals surface area contributed by atoms with Gasteiger partial charge in [-0.05, 0) is 13.8 Å². The van der Waals surface area contributed by atoms with Gasteiger partial charge in [-0.2, -0.15) is 0 Å². The van der Waals surface area contributed by atoms with Gasteiger partial charge in [-0.3, -0.25) is 0 Å². The van der Waals surface area contributed by atoms with Crippen LogP contribution in [0.15, 0.2) is 6.33 Å². The van der Waals surface area contributed by atoms with Crippen molar-refractivity contribution in [2.45, 2.75) is 19.9 Å². The van der Waals surface area contributed by atoms with E-state index in [1.807, 2.05) is 6.92 Å². The summed E-state index contributed by atoms with van der Waals surface area (Å²) in [4.78, 5) is 10.7. The second-order valence-corrected chi connectivity index (χ2v) is 4.60. The minimum Gasteiger partial charge on any atom is -0.490 e. The van der Waals surface area contributed by atoms with Crippen molar-refractivity contribution in [2.75, 3.05) is 57.8 Å². The average Bonchev–Trinajstić information content (AvgIpc) is 2.48. The van der Waals surface area contributed by atoms with Crippen molar-refractivity contribution in [3.63, 3.8) is 0 Å². The monoisotopic (exact) mass is 298 g/mol. The van der Waals surface area contributed by atoms with E-state index in [9.17, 15) is 0 Å². The third-order valence-corrected chi connectivity index (χ3v) is 3.08. The van der Waals surface area contributed by atoms with Crippen LogP contribution < -0.4 is 15.0 Å². The first-order valence-electron chi connectivity index (χ1n) is 7.06. The molecule has 0 spiro atoms. The highest BCUT2D eigenvalue weighted by atomic mass is 16.5. The largest absolute Gasteiger partial charge is 0.490 e. The molecule has 0 aromatic carbocycles. The first kappa shape index (κ1) is 17.5. The van der Waals surface area contributed by atoms with E-state index < -0.39 is 0 Å². The van der Waals surface area contributed by atoms with E-state index >= 15 is 0 Å². The van der Waals surface area contributed by atoms with Gasteiger partial charge in [-0.25, -0.2) is 9.97 Å². The van der Waals surface area contributed by atoms with Crippen molar-refractivity contribution in [3.8, 4) is 5.75 Å². The second kappa shape index (κ2) is 9.36. The van der Waals surface area contributed by atoms with Gasteiger partial charge >= 0.3 is 0 Å². The molecule has 0 aliphatic heterocycles. The summed E-state index contributed by atoms with van der Waals surface area (Å²) in [5.74, 6) is 2.07. The van der Waals surface area contributed by atoms with Crippen LogP contribution >= 0.6 is 0 Å². The Labute approximate surface area is 126 Å². The second-order valence-electron chi connectivity index (χ2n) is 4.60. The zero-order chi connectivity index (χ0) is 15.7. The molecule has 0 saturated carbocycles. The number of hydrogen-bond acceptors (Lipinski definition) is 7. The summed E-state index contributed by atoms with van der Waals surface area (Å²) in [6.45, 7) is 6.73. The van der Waals surface area contributed by atoms with E-state index in [1.165, 1.54) is 6.33 Å². The Balaban J connectivity index is 3.12. The van der Waals surface area contributed by atoms with Crippen LogP contribution in [0.2, 0.25) is 0 Å². The van der Waals surface area contributed by atoms with Crippen LogP contribution in [0, 0.1) is 0 Å². The van der Waals surface area contributed by atoms with Gasteiger partial charge in [0.05, 0.1) is 26.4 Å². The van der Waals surface area contributed by atoms with Crippen molar-refractivity contribution < 1.29 is 14.2 Å². The molecular formula is C14H26N4O3. The average molecular weight is 298 g/mol. The van der Waals surface area contributed by atoms with Crippen LogP contribution in [0.1, 0.15) is 13.8 Å². The molecule has 0 saturated heterocycles. The number of anilines is 2. The lowest BCUT2D eigenvalue weighted by Crippen LogP contribution is -2.39. The Morgan fingerprint density at radius 1 is 1.24 bits per heavy atom. The van der Waals surface area contributed by atoms with Gasteiger partial charge in [-0.1, -0.05) is 0 Å². The summed E-state index contributed by atoms with van der Waals surface area (Å²) in [7, 11) is 4.99. The quantitative estimate of drug-likeness (QED) is 0.700. The smallest absolute Gasteiger partial charge is 0.204 e. The summed E-state index contributed by atoms with van der Waals surface area (Å²) in [5, 5.41) is 3.18. The summed E-state index contributed by atoms with van der Waals surface area (Å²) >= 11 is 0. The Morgan fingerprint density at radius 3 is 2.57 bits per heavy atom. The van der Waals surface area contributed by atoms with Gasteiger partial charge in [0.15, 0.2) is 11.6 Å². The van der Waals surface area contributed by atoms with Crippen molar-refractivity contribution in [3.05, 3.63) is 6.33 Å². The lowest BCUT2D eigenvalue weighted by molar-refractivity contribution is 0.170. The number of nitrogens with one attached hydrogen (secondary N) is 1. The van der Waals surface area contributed by atoms with Crippen molar-refractivity contribution in [1.29, 1.82) is 0 Å². The van der Waals surface area contributed by atoms with Crippen LogP contribution in [-0.2, 0) is 9.47 Å². The highest BCUT2D eigenvalue weighted by molar-refractivity contribution is 5.65.